The molecule has 0 atom stereocenters. The Hall–Kier alpha value is -1.71. The first kappa shape index (κ1) is 22.6. The van der Waals surface area contributed by atoms with Crippen LogP contribution in [0.2, 0.25) is 0 Å². The van der Waals surface area contributed by atoms with E-state index < -0.39 is 0 Å². The average molecular weight is 517 g/mol. The number of imidazole rings is 1. The second kappa shape index (κ2) is 11.3. The quantitative estimate of drug-likeness (QED) is 0.272. The first-order chi connectivity index (χ1) is 13.2. The maximum Gasteiger partial charge on any atom is 0.201 e. The number of anilines is 1. The van der Waals surface area contributed by atoms with Crippen molar-refractivity contribution in [3.05, 3.63) is 45.5 Å². The van der Waals surface area contributed by atoms with Gasteiger partial charge in [-0.2, -0.15) is 0 Å². The van der Waals surface area contributed by atoms with Crippen LogP contribution >= 0.6 is 35.0 Å². The highest BCUT2D eigenvalue weighted by Gasteiger charge is 2.12. The molecule has 0 aliphatic rings. The van der Waals surface area contributed by atoms with Crippen LogP contribution in [-0.2, 0) is 6.54 Å². The Bertz CT molecular complexity index is 855. The van der Waals surface area contributed by atoms with Crippen LogP contribution in [0, 0.1) is 3.57 Å². The van der Waals surface area contributed by atoms with Gasteiger partial charge in [0, 0.05) is 22.2 Å². The van der Waals surface area contributed by atoms with E-state index in [1.54, 1.807) is 7.11 Å². The fourth-order valence-electron chi connectivity index (χ4n) is 2.89. The normalized spacial score (nSPS) is 10.5. The van der Waals surface area contributed by atoms with Crippen LogP contribution in [0.4, 0.5) is 5.95 Å². The standard InChI is InChI=1S/C20H25IN4O2.ClH/c1-3-27-19-14(11-15(21)12-18(19)26-2)13-22-9-6-10-23-20-24-16-7-4-5-8-17(16)25-20;/h4-5,7-8,11-12,22H,3,6,9-10,13H2,1-2H3,(H2,23,24,25);1H. The number of benzene rings is 2. The molecule has 0 bridgehead atoms. The Balaban J connectivity index is 0.00000280. The Kier molecular flexibility index (Phi) is 9.14. The molecule has 28 heavy (non-hydrogen) atoms. The van der Waals surface area contributed by atoms with Crippen molar-refractivity contribution in [1.29, 1.82) is 0 Å². The maximum absolute atomic E-state index is 5.79. The second-order valence-electron chi connectivity index (χ2n) is 6.09. The minimum atomic E-state index is 0. The van der Waals surface area contributed by atoms with E-state index in [2.05, 4.69) is 49.3 Å². The monoisotopic (exact) mass is 516 g/mol. The van der Waals surface area contributed by atoms with Crippen LogP contribution in [0.3, 0.4) is 0 Å². The molecule has 1 aromatic heterocycles. The minimum absolute atomic E-state index is 0. The number of ether oxygens (including phenoxy) is 2. The zero-order valence-corrected chi connectivity index (χ0v) is 19.0. The van der Waals surface area contributed by atoms with Gasteiger partial charge < -0.3 is 25.1 Å². The average Bonchev–Trinajstić information content (AvgIpc) is 3.09. The minimum Gasteiger partial charge on any atom is -0.493 e. The van der Waals surface area contributed by atoms with Crippen LogP contribution in [0.25, 0.3) is 11.0 Å². The molecule has 0 aliphatic carbocycles. The van der Waals surface area contributed by atoms with Gasteiger partial charge >= 0.3 is 0 Å². The van der Waals surface area contributed by atoms with Crippen molar-refractivity contribution in [3.63, 3.8) is 0 Å². The van der Waals surface area contributed by atoms with E-state index >= 15 is 0 Å². The molecule has 0 saturated carbocycles. The molecule has 1 heterocycles. The summed E-state index contributed by atoms with van der Waals surface area (Å²) in [5, 5.41) is 6.82. The summed E-state index contributed by atoms with van der Waals surface area (Å²) >= 11 is 2.30. The van der Waals surface area contributed by atoms with Crippen molar-refractivity contribution in [2.45, 2.75) is 19.9 Å². The van der Waals surface area contributed by atoms with Crippen molar-refractivity contribution in [3.8, 4) is 11.5 Å². The zero-order valence-electron chi connectivity index (χ0n) is 16.0. The molecule has 152 valence electrons. The van der Waals surface area contributed by atoms with Gasteiger partial charge in [-0.15, -0.1) is 12.4 Å². The van der Waals surface area contributed by atoms with Crippen molar-refractivity contribution < 1.29 is 9.47 Å². The highest BCUT2D eigenvalue weighted by atomic mass is 127. The van der Waals surface area contributed by atoms with Gasteiger partial charge in [0.05, 0.1) is 24.8 Å². The molecule has 0 unspecified atom stereocenters. The van der Waals surface area contributed by atoms with Gasteiger partial charge in [0.15, 0.2) is 11.5 Å². The number of rotatable bonds is 10. The van der Waals surface area contributed by atoms with Crippen LogP contribution in [0.1, 0.15) is 18.9 Å². The summed E-state index contributed by atoms with van der Waals surface area (Å²) in [4.78, 5) is 7.80. The molecule has 3 aromatic rings. The largest absolute Gasteiger partial charge is 0.493 e. The summed E-state index contributed by atoms with van der Waals surface area (Å²) in [6, 6.07) is 12.2. The highest BCUT2D eigenvalue weighted by Crippen LogP contribution is 2.33. The number of H-pyrrole nitrogens is 1. The third kappa shape index (κ3) is 5.89. The van der Waals surface area contributed by atoms with E-state index in [1.807, 2.05) is 37.3 Å². The maximum atomic E-state index is 5.79. The van der Waals surface area contributed by atoms with Gasteiger partial charge in [-0.3, -0.25) is 0 Å². The van der Waals surface area contributed by atoms with E-state index in [0.29, 0.717) is 6.61 Å². The molecule has 3 rings (SSSR count). The fourth-order valence-corrected chi connectivity index (χ4v) is 3.55. The van der Waals surface area contributed by atoms with E-state index in [-0.39, 0.29) is 12.4 Å². The van der Waals surface area contributed by atoms with E-state index in [0.717, 1.165) is 63.7 Å². The van der Waals surface area contributed by atoms with Gasteiger partial charge in [0.25, 0.3) is 0 Å². The lowest BCUT2D eigenvalue weighted by Crippen LogP contribution is -2.18. The molecule has 0 amide bonds. The Morgan fingerprint density at radius 3 is 2.75 bits per heavy atom. The highest BCUT2D eigenvalue weighted by molar-refractivity contribution is 14.1. The number of hydrogen-bond acceptors (Lipinski definition) is 5. The smallest absolute Gasteiger partial charge is 0.201 e. The van der Waals surface area contributed by atoms with Gasteiger partial charge in [-0.1, -0.05) is 12.1 Å². The van der Waals surface area contributed by atoms with Crippen molar-refractivity contribution in [2.24, 2.45) is 0 Å². The zero-order chi connectivity index (χ0) is 19.1. The summed E-state index contributed by atoms with van der Waals surface area (Å²) in [7, 11) is 1.68. The summed E-state index contributed by atoms with van der Waals surface area (Å²) in [6.07, 6.45) is 0.988. The summed E-state index contributed by atoms with van der Waals surface area (Å²) in [6.45, 7) is 5.09. The SMILES string of the molecule is CCOc1c(CNCCCNc2nc3ccccc3[nH]2)cc(I)cc1OC.Cl. The Morgan fingerprint density at radius 1 is 1.18 bits per heavy atom. The molecule has 6 nitrogen and oxygen atoms in total. The third-order valence-corrected chi connectivity index (χ3v) is 4.76. The number of aromatic amines is 1. The molecule has 0 fully saturated rings. The summed E-state index contributed by atoms with van der Waals surface area (Å²) < 4.78 is 12.4. The molecule has 0 radical (unpaired) electrons. The van der Waals surface area contributed by atoms with E-state index in [4.69, 9.17) is 9.47 Å². The van der Waals surface area contributed by atoms with Gasteiger partial charge in [-0.25, -0.2) is 4.98 Å². The number of para-hydroxylation sites is 2. The third-order valence-electron chi connectivity index (χ3n) is 4.13. The Labute approximate surface area is 185 Å². The number of halogens is 2. The first-order valence-corrected chi connectivity index (χ1v) is 10.2. The lowest BCUT2D eigenvalue weighted by Gasteiger charge is -2.15. The molecule has 0 saturated heterocycles. The number of nitrogens with one attached hydrogen (secondary N) is 3. The topological polar surface area (TPSA) is 71.2 Å². The summed E-state index contributed by atoms with van der Waals surface area (Å²) in [5.41, 5.74) is 3.15. The fraction of sp³-hybridized carbons (Fsp3) is 0.350. The van der Waals surface area contributed by atoms with Gasteiger partial charge in [0.1, 0.15) is 0 Å². The molecule has 8 heteroatoms. The van der Waals surface area contributed by atoms with Crippen LogP contribution in [0.15, 0.2) is 36.4 Å². The lowest BCUT2D eigenvalue weighted by molar-refractivity contribution is 0.306. The van der Waals surface area contributed by atoms with Gasteiger partial charge in [-0.05, 0) is 66.7 Å². The van der Waals surface area contributed by atoms with E-state index in [9.17, 15) is 0 Å². The van der Waals surface area contributed by atoms with Crippen molar-refractivity contribution in [2.75, 3.05) is 32.1 Å². The van der Waals surface area contributed by atoms with Crippen molar-refractivity contribution >= 4 is 52.0 Å². The second-order valence-corrected chi connectivity index (χ2v) is 7.33. The predicted molar refractivity (Wildman–Crippen MR) is 125 cm³/mol. The first-order valence-electron chi connectivity index (χ1n) is 9.09. The molecular formula is C20H26ClIN4O2. The molecule has 0 aliphatic heterocycles. The molecule has 3 N–H and O–H groups in total. The molecule has 2 aromatic carbocycles. The molecular weight excluding hydrogens is 491 g/mol. The van der Waals surface area contributed by atoms with Crippen molar-refractivity contribution in [1.82, 2.24) is 15.3 Å². The lowest BCUT2D eigenvalue weighted by atomic mass is 10.2. The molecule has 0 spiro atoms. The Morgan fingerprint density at radius 2 is 2.00 bits per heavy atom. The van der Waals surface area contributed by atoms with Crippen LogP contribution in [0.5, 0.6) is 11.5 Å². The van der Waals surface area contributed by atoms with Crippen LogP contribution < -0.4 is 20.1 Å². The number of nitrogens with zero attached hydrogens (tertiary/aromatic N) is 1. The predicted octanol–water partition coefficient (Wildman–Crippen LogP) is 4.59. The number of aromatic nitrogens is 2. The van der Waals surface area contributed by atoms with Gasteiger partial charge in [0.2, 0.25) is 5.95 Å². The number of hydrogen-bond donors (Lipinski definition) is 3. The van der Waals surface area contributed by atoms with E-state index in [1.165, 1.54) is 0 Å². The number of fused-ring (bicyclic) bond motifs is 1. The van der Waals surface area contributed by atoms with Crippen LogP contribution in [-0.4, -0.2) is 36.8 Å². The summed E-state index contributed by atoms with van der Waals surface area (Å²) in [5.74, 6) is 2.43. The number of methoxy groups -OCH3 is 1.